The molecule has 0 aliphatic carbocycles. The first kappa shape index (κ1) is 9.64. The summed E-state index contributed by atoms with van der Waals surface area (Å²) >= 11 is 1.36. The van der Waals surface area contributed by atoms with Gasteiger partial charge in [-0.1, -0.05) is 12.1 Å². The summed E-state index contributed by atoms with van der Waals surface area (Å²) in [7, 11) is -1.54. The van der Waals surface area contributed by atoms with Gasteiger partial charge in [-0.05, 0) is 18.5 Å². The lowest BCUT2D eigenvalue weighted by Crippen LogP contribution is -2.29. The second kappa shape index (κ2) is 3.35. The highest BCUT2D eigenvalue weighted by Crippen LogP contribution is 2.28. The Morgan fingerprint density at radius 3 is 2.71 bits per heavy atom. The zero-order chi connectivity index (χ0) is 10.3. The van der Waals surface area contributed by atoms with Crippen molar-refractivity contribution in [2.45, 2.75) is 6.92 Å². The third-order valence-corrected chi connectivity index (χ3v) is 3.17. The topological polar surface area (TPSA) is 40.5 Å². The number of benzene rings is 1. The Labute approximate surface area is 84.8 Å². The van der Waals surface area contributed by atoms with Crippen molar-refractivity contribution in [1.82, 2.24) is 0 Å². The lowest BCUT2D eigenvalue weighted by molar-refractivity contribution is 0.426. The van der Waals surface area contributed by atoms with Gasteiger partial charge in [-0.15, -0.1) is 11.3 Å². The van der Waals surface area contributed by atoms with Gasteiger partial charge in [0.15, 0.2) is 0 Å². The fraction of sp³-hybridized carbons (Fsp3) is 0.111. The number of fused-ring (bicyclic) bond motifs is 1. The van der Waals surface area contributed by atoms with E-state index < -0.39 is 7.12 Å². The van der Waals surface area contributed by atoms with Gasteiger partial charge in [0, 0.05) is 15.0 Å². The molecule has 0 saturated carbocycles. The van der Waals surface area contributed by atoms with Gasteiger partial charge in [0.1, 0.15) is 5.82 Å². The molecular weight excluding hydrogens is 202 g/mol. The lowest BCUT2D eigenvalue weighted by Gasteiger charge is -1.98. The van der Waals surface area contributed by atoms with Gasteiger partial charge in [-0.3, -0.25) is 0 Å². The maximum Gasteiger partial charge on any atom is 0.488 e. The number of hydrogen-bond donors (Lipinski definition) is 2. The van der Waals surface area contributed by atoms with Crippen LogP contribution in [0.15, 0.2) is 18.2 Å². The van der Waals surface area contributed by atoms with Gasteiger partial charge in [-0.2, -0.15) is 0 Å². The Balaban J connectivity index is 2.69. The largest absolute Gasteiger partial charge is 0.488 e. The van der Waals surface area contributed by atoms with E-state index in [1.54, 1.807) is 19.1 Å². The van der Waals surface area contributed by atoms with Crippen molar-refractivity contribution >= 4 is 34.0 Å². The van der Waals surface area contributed by atoms with Gasteiger partial charge < -0.3 is 10.0 Å². The molecule has 0 aliphatic rings. The standard InChI is InChI=1S/C9H8BFO2S/c1-5-9(11)7-4-6(10(12)13)2-3-8(7)14-5/h2-4,12-13H,1H3. The predicted octanol–water partition coefficient (Wildman–Crippen LogP) is 1.03. The first-order valence-corrected chi connectivity index (χ1v) is 4.96. The van der Waals surface area contributed by atoms with Crippen molar-refractivity contribution in [2.75, 3.05) is 0 Å². The number of thiophene rings is 1. The molecule has 0 fully saturated rings. The zero-order valence-electron chi connectivity index (χ0n) is 7.49. The van der Waals surface area contributed by atoms with Gasteiger partial charge >= 0.3 is 7.12 Å². The summed E-state index contributed by atoms with van der Waals surface area (Å²) in [6, 6.07) is 4.76. The molecule has 1 aromatic carbocycles. The summed E-state index contributed by atoms with van der Waals surface area (Å²) < 4.78 is 14.3. The number of hydrogen-bond acceptors (Lipinski definition) is 3. The molecule has 5 heteroatoms. The van der Waals surface area contributed by atoms with Crippen LogP contribution in [0.25, 0.3) is 10.1 Å². The zero-order valence-corrected chi connectivity index (χ0v) is 8.31. The highest BCUT2D eigenvalue weighted by molar-refractivity contribution is 7.19. The molecule has 0 bridgehead atoms. The molecule has 2 N–H and O–H groups in total. The molecule has 0 atom stereocenters. The van der Waals surface area contributed by atoms with E-state index in [9.17, 15) is 4.39 Å². The normalized spacial score (nSPS) is 10.9. The maximum atomic E-state index is 13.4. The second-order valence-electron chi connectivity index (χ2n) is 3.10. The average Bonchev–Trinajstić information content (AvgIpc) is 2.43. The minimum atomic E-state index is -1.54. The molecule has 0 radical (unpaired) electrons. The van der Waals surface area contributed by atoms with Crippen molar-refractivity contribution in [3.05, 3.63) is 28.9 Å². The summed E-state index contributed by atoms with van der Waals surface area (Å²) in [6.07, 6.45) is 0. The average molecular weight is 210 g/mol. The molecule has 72 valence electrons. The van der Waals surface area contributed by atoms with Crippen LogP contribution in [0, 0.1) is 12.7 Å². The molecule has 2 rings (SSSR count). The van der Waals surface area contributed by atoms with E-state index in [1.807, 2.05) is 0 Å². The van der Waals surface area contributed by atoms with E-state index in [0.717, 1.165) is 4.70 Å². The molecule has 14 heavy (non-hydrogen) atoms. The second-order valence-corrected chi connectivity index (χ2v) is 4.36. The van der Waals surface area contributed by atoms with Gasteiger partial charge in [0.2, 0.25) is 0 Å². The van der Waals surface area contributed by atoms with Gasteiger partial charge in [-0.25, -0.2) is 4.39 Å². The third kappa shape index (κ3) is 1.43. The van der Waals surface area contributed by atoms with Crippen molar-refractivity contribution in [3.8, 4) is 0 Å². The Hall–Kier alpha value is -0.905. The molecule has 1 heterocycles. The molecule has 0 saturated heterocycles. The first-order valence-electron chi connectivity index (χ1n) is 4.14. The van der Waals surface area contributed by atoms with E-state index in [2.05, 4.69) is 0 Å². The minimum absolute atomic E-state index is 0.271. The fourth-order valence-corrected chi connectivity index (χ4v) is 2.29. The molecule has 2 nitrogen and oxygen atoms in total. The fourth-order valence-electron chi connectivity index (χ4n) is 1.37. The highest BCUT2D eigenvalue weighted by Gasteiger charge is 2.14. The molecular formula is C9H8BFO2S. The molecule has 2 aromatic rings. The Morgan fingerprint density at radius 2 is 2.07 bits per heavy atom. The minimum Gasteiger partial charge on any atom is -0.423 e. The van der Waals surface area contributed by atoms with Gasteiger partial charge in [0.05, 0.1) is 0 Å². The van der Waals surface area contributed by atoms with Crippen LogP contribution >= 0.6 is 11.3 Å². The molecule has 0 aliphatic heterocycles. The molecule has 0 unspecified atom stereocenters. The van der Waals surface area contributed by atoms with Crippen LogP contribution in [0.3, 0.4) is 0 Å². The Bertz CT molecular complexity index is 481. The summed E-state index contributed by atoms with van der Waals surface area (Å²) in [5, 5.41) is 18.3. The van der Waals surface area contributed by atoms with Crippen molar-refractivity contribution < 1.29 is 14.4 Å². The lowest BCUT2D eigenvalue weighted by atomic mass is 9.80. The predicted molar refractivity (Wildman–Crippen MR) is 56.3 cm³/mol. The molecule has 0 amide bonds. The highest BCUT2D eigenvalue weighted by atomic mass is 32.1. The van der Waals surface area contributed by atoms with Crippen LogP contribution in [0.4, 0.5) is 4.39 Å². The van der Waals surface area contributed by atoms with Crippen molar-refractivity contribution in [2.24, 2.45) is 0 Å². The van der Waals surface area contributed by atoms with Crippen LogP contribution < -0.4 is 5.46 Å². The molecule has 0 spiro atoms. The molecule has 1 aromatic heterocycles. The third-order valence-electron chi connectivity index (χ3n) is 2.11. The van der Waals surface area contributed by atoms with E-state index in [0.29, 0.717) is 15.7 Å². The first-order chi connectivity index (χ1) is 6.59. The van der Waals surface area contributed by atoms with Crippen LogP contribution in [-0.4, -0.2) is 17.2 Å². The summed E-state index contributed by atoms with van der Waals surface area (Å²) in [5.74, 6) is -0.271. The summed E-state index contributed by atoms with van der Waals surface area (Å²) in [5.41, 5.74) is 0.314. The SMILES string of the molecule is Cc1sc2ccc(B(O)O)cc2c1F. The van der Waals surface area contributed by atoms with Crippen LogP contribution in [-0.2, 0) is 0 Å². The van der Waals surface area contributed by atoms with E-state index in [1.165, 1.54) is 17.4 Å². The smallest absolute Gasteiger partial charge is 0.423 e. The van der Waals surface area contributed by atoms with E-state index in [-0.39, 0.29) is 5.82 Å². The summed E-state index contributed by atoms with van der Waals surface area (Å²) in [6.45, 7) is 1.70. The number of rotatable bonds is 1. The Kier molecular flexibility index (Phi) is 2.30. The van der Waals surface area contributed by atoms with Crippen LogP contribution in [0.1, 0.15) is 4.88 Å². The quantitative estimate of drug-likeness (QED) is 0.690. The Morgan fingerprint density at radius 1 is 1.36 bits per heavy atom. The summed E-state index contributed by atoms with van der Waals surface area (Å²) in [4.78, 5) is 0.615. The van der Waals surface area contributed by atoms with Crippen LogP contribution in [0.2, 0.25) is 0 Å². The van der Waals surface area contributed by atoms with E-state index in [4.69, 9.17) is 10.0 Å². The van der Waals surface area contributed by atoms with Crippen LogP contribution in [0.5, 0.6) is 0 Å². The van der Waals surface area contributed by atoms with E-state index >= 15 is 0 Å². The van der Waals surface area contributed by atoms with Crippen molar-refractivity contribution in [3.63, 3.8) is 0 Å². The van der Waals surface area contributed by atoms with Gasteiger partial charge in [0.25, 0.3) is 0 Å². The van der Waals surface area contributed by atoms with Crippen molar-refractivity contribution in [1.29, 1.82) is 0 Å². The monoisotopic (exact) mass is 210 g/mol. The number of aryl methyl sites for hydroxylation is 1. The number of halogens is 1. The maximum absolute atomic E-state index is 13.4.